The Morgan fingerprint density at radius 1 is 0.920 bits per heavy atom. The highest BCUT2D eigenvalue weighted by Gasteiger charge is 2.10. The summed E-state index contributed by atoms with van der Waals surface area (Å²) in [5, 5.41) is 6.55. The zero-order chi connectivity index (χ0) is 17.8. The maximum atomic E-state index is 6.27. The van der Waals surface area contributed by atoms with Crippen LogP contribution in [0.4, 0.5) is 28.7 Å². The summed E-state index contributed by atoms with van der Waals surface area (Å²) in [6, 6.07) is 14.4. The Morgan fingerprint density at radius 3 is 2.24 bits per heavy atom. The van der Waals surface area contributed by atoms with Gasteiger partial charge in [-0.2, -0.15) is 0 Å². The van der Waals surface area contributed by atoms with E-state index in [1.165, 1.54) is 17.5 Å². The molecule has 25 heavy (non-hydrogen) atoms. The third kappa shape index (κ3) is 3.88. The largest absolute Gasteiger partial charge is 0.393 e. The molecule has 0 aliphatic rings. The molecule has 0 amide bonds. The summed E-state index contributed by atoms with van der Waals surface area (Å²) in [5.41, 5.74) is 12.3. The van der Waals surface area contributed by atoms with E-state index in [4.69, 9.17) is 5.73 Å². The standard InChI is InChI=1S/C20H23N5/c1-4-15-6-8-16(9-7-15)24-19-18(21)20(23-12-22-19)25-17-10-5-13(2)11-14(17)3/h5-12H,4,21H2,1-3H3,(H2,22,23,24,25). The average molecular weight is 333 g/mol. The van der Waals surface area contributed by atoms with Crippen LogP contribution in [0.1, 0.15) is 23.6 Å². The van der Waals surface area contributed by atoms with E-state index < -0.39 is 0 Å². The number of aromatic nitrogens is 2. The van der Waals surface area contributed by atoms with E-state index in [2.05, 4.69) is 65.6 Å². The summed E-state index contributed by atoms with van der Waals surface area (Å²) in [4.78, 5) is 8.55. The molecule has 4 N–H and O–H groups in total. The summed E-state index contributed by atoms with van der Waals surface area (Å²) < 4.78 is 0. The molecular weight excluding hydrogens is 310 g/mol. The Kier molecular flexibility index (Phi) is 4.84. The first-order chi connectivity index (χ1) is 12.1. The lowest BCUT2D eigenvalue weighted by atomic mass is 10.1. The molecule has 0 spiro atoms. The van der Waals surface area contributed by atoms with Crippen molar-refractivity contribution in [2.75, 3.05) is 16.4 Å². The summed E-state index contributed by atoms with van der Waals surface area (Å²) in [6.45, 7) is 6.26. The third-order valence-electron chi connectivity index (χ3n) is 4.14. The Morgan fingerprint density at radius 2 is 1.60 bits per heavy atom. The van der Waals surface area contributed by atoms with Crippen LogP contribution in [0.3, 0.4) is 0 Å². The highest BCUT2D eigenvalue weighted by atomic mass is 15.1. The maximum Gasteiger partial charge on any atom is 0.159 e. The van der Waals surface area contributed by atoms with Crippen molar-refractivity contribution in [3.8, 4) is 0 Å². The van der Waals surface area contributed by atoms with E-state index in [9.17, 15) is 0 Å². The lowest BCUT2D eigenvalue weighted by Crippen LogP contribution is -2.05. The number of hydrogen-bond donors (Lipinski definition) is 3. The van der Waals surface area contributed by atoms with Crippen molar-refractivity contribution in [3.05, 3.63) is 65.5 Å². The van der Waals surface area contributed by atoms with Gasteiger partial charge in [-0.1, -0.05) is 36.8 Å². The lowest BCUT2D eigenvalue weighted by molar-refractivity contribution is 1.14. The van der Waals surface area contributed by atoms with Gasteiger partial charge in [-0.25, -0.2) is 9.97 Å². The van der Waals surface area contributed by atoms with Gasteiger partial charge in [-0.15, -0.1) is 0 Å². The second-order valence-corrected chi connectivity index (χ2v) is 6.10. The first kappa shape index (κ1) is 16.8. The topological polar surface area (TPSA) is 75.9 Å². The molecule has 3 aromatic rings. The Balaban J connectivity index is 1.83. The van der Waals surface area contributed by atoms with Gasteiger partial charge in [0.1, 0.15) is 12.0 Å². The monoisotopic (exact) mass is 333 g/mol. The summed E-state index contributed by atoms with van der Waals surface area (Å²) in [7, 11) is 0. The molecule has 0 atom stereocenters. The van der Waals surface area contributed by atoms with Crippen molar-refractivity contribution < 1.29 is 0 Å². The Bertz CT molecular complexity index is 872. The molecule has 0 unspecified atom stereocenters. The van der Waals surface area contributed by atoms with Crippen LogP contribution in [0.5, 0.6) is 0 Å². The van der Waals surface area contributed by atoms with Crippen molar-refractivity contribution in [2.24, 2.45) is 0 Å². The molecule has 2 aromatic carbocycles. The van der Waals surface area contributed by atoms with Gasteiger partial charge >= 0.3 is 0 Å². The fourth-order valence-corrected chi connectivity index (χ4v) is 2.64. The molecule has 0 saturated carbocycles. The molecule has 0 aliphatic heterocycles. The number of nitrogen functional groups attached to an aromatic ring is 1. The normalized spacial score (nSPS) is 10.5. The van der Waals surface area contributed by atoms with E-state index in [0.29, 0.717) is 17.3 Å². The van der Waals surface area contributed by atoms with Crippen LogP contribution in [0.2, 0.25) is 0 Å². The zero-order valence-corrected chi connectivity index (χ0v) is 14.8. The van der Waals surface area contributed by atoms with Gasteiger partial charge in [0.05, 0.1) is 0 Å². The van der Waals surface area contributed by atoms with Crippen LogP contribution < -0.4 is 16.4 Å². The smallest absolute Gasteiger partial charge is 0.159 e. The molecule has 0 aliphatic carbocycles. The number of anilines is 5. The van der Waals surface area contributed by atoms with Gasteiger partial charge < -0.3 is 16.4 Å². The van der Waals surface area contributed by atoms with Gasteiger partial charge in [-0.05, 0) is 49.6 Å². The molecule has 5 heteroatoms. The van der Waals surface area contributed by atoms with Crippen molar-refractivity contribution >= 4 is 28.7 Å². The molecule has 5 nitrogen and oxygen atoms in total. The molecule has 0 bridgehead atoms. The van der Waals surface area contributed by atoms with Crippen molar-refractivity contribution in [1.82, 2.24) is 9.97 Å². The molecule has 3 rings (SSSR count). The number of nitrogens with two attached hydrogens (primary N) is 1. The molecule has 0 radical (unpaired) electrons. The molecule has 0 saturated heterocycles. The number of hydrogen-bond acceptors (Lipinski definition) is 5. The van der Waals surface area contributed by atoms with Crippen LogP contribution in [0.25, 0.3) is 0 Å². The predicted octanol–water partition coefficient (Wildman–Crippen LogP) is 4.73. The number of aryl methyl sites for hydroxylation is 3. The minimum atomic E-state index is 0.488. The van der Waals surface area contributed by atoms with Gasteiger partial charge in [0.2, 0.25) is 0 Å². The van der Waals surface area contributed by atoms with Gasteiger partial charge in [0, 0.05) is 11.4 Å². The number of nitrogens with one attached hydrogen (secondary N) is 2. The van der Waals surface area contributed by atoms with Crippen LogP contribution in [0, 0.1) is 13.8 Å². The minimum absolute atomic E-state index is 0.488. The van der Waals surface area contributed by atoms with Gasteiger partial charge in [0.15, 0.2) is 11.6 Å². The predicted molar refractivity (Wildman–Crippen MR) is 105 cm³/mol. The van der Waals surface area contributed by atoms with E-state index >= 15 is 0 Å². The Labute approximate surface area is 148 Å². The lowest BCUT2D eigenvalue weighted by Gasteiger charge is -2.14. The second kappa shape index (κ2) is 7.21. The Hall–Kier alpha value is -3.08. The van der Waals surface area contributed by atoms with Crippen LogP contribution in [0.15, 0.2) is 48.8 Å². The SMILES string of the molecule is CCc1ccc(Nc2ncnc(Nc3ccc(C)cc3C)c2N)cc1. The van der Waals surface area contributed by atoms with Crippen LogP contribution in [-0.4, -0.2) is 9.97 Å². The van der Waals surface area contributed by atoms with E-state index in [1.807, 2.05) is 18.2 Å². The van der Waals surface area contributed by atoms with Gasteiger partial charge in [0.25, 0.3) is 0 Å². The molecule has 128 valence electrons. The molecule has 1 heterocycles. The van der Waals surface area contributed by atoms with E-state index in [1.54, 1.807) is 0 Å². The van der Waals surface area contributed by atoms with E-state index in [0.717, 1.165) is 23.4 Å². The van der Waals surface area contributed by atoms with Crippen molar-refractivity contribution in [3.63, 3.8) is 0 Å². The molecular formula is C20H23N5. The highest BCUT2D eigenvalue weighted by Crippen LogP contribution is 2.29. The van der Waals surface area contributed by atoms with E-state index in [-0.39, 0.29) is 0 Å². The molecule has 1 aromatic heterocycles. The average Bonchev–Trinajstić information content (AvgIpc) is 2.61. The quantitative estimate of drug-likeness (QED) is 0.629. The minimum Gasteiger partial charge on any atom is -0.393 e. The van der Waals surface area contributed by atoms with Crippen molar-refractivity contribution in [1.29, 1.82) is 0 Å². The number of benzene rings is 2. The number of rotatable bonds is 5. The summed E-state index contributed by atoms with van der Waals surface area (Å²) in [6.07, 6.45) is 2.52. The summed E-state index contributed by atoms with van der Waals surface area (Å²) in [5.74, 6) is 1.18. The zero-order valence-electron chi connectivity index (χ0n) is 14.8. The fraction of sp³-hybridized carbons (Fsp3) is 0.200. The van der Waals surface area contributed by atoms with Crippen LogP contribution >= 0.6 is 0 Å². The third-order valence-corrected chi connectivity index (χ3v) is 4.14. The first-order valence-corrected chi connectivity index (χ1v) is 8.37. The second-order valence-electron chi connectivity index (χ2n) is 6.10. The van der Waals surface area contributed by atoms with Crippen molar-refractivity contribution in [2.45, 2.75) is 27.2 Å². The number of nitrogens with zero attached hydrogens (tertiary/aromatic N) is 2. The van der Waals surface area contributed by atoms with Gasteiger partial charge in [-0.3, -0.25) is 0 Å². The fourth-order valence-electron chi connectivity index (χ4n) is 2.64. The summed E-state index contributed by atoms with van der Waals surface area (Å²) >= 11 is 0. The maximum absolute atomic E-state index is 6.27. The first-order valence-electron chi connectivity index (χ1n) is 8.37. The highest BCUT2D eigenvalue weighted by molar-refractivity contribution is 5.80. The van der Waals surface area contributed by atoms with Crippen LogP contribution in [-0.2, 0) is 6.42 Å². The molecule has 0 fully saturated rings.